The minimum absolute atomic E-state index is 0.0130. The third-order valence-electron chi connectivity index (χ3n) is 5.07. The second-order valence-electron chi connectivity index (χ2n) is 8.75. The first kappa shape index (κ1) is 21.9. The van der Waals surface area contributed by atoms with E-state index < -0.39 is 10.0 Å². The lowest BCUT2D eigenvalue weighted by atomic mass is 10.1. The summed E-state index contributed by atoms with van der Waals surface area (Å²) in [6.45, 7) is 15.6. The second kappa shape index (κ2) is 7.89. The fraction of sp³-hybridized carbons (Fsp3) is 0.650. The van der Waals surface area contributed by atoms with Crippen LogP contribution >= 0.6 is 0 Å². The van der Waals surface area contributed by atoms with Crippen molar-refractivity contribution in [2.45, 2.75) is 64.9 Å². The number of nitrogens with zero attached hydrogens (tertiary/aromatic N) is 1. The first-order valence-corrected chi connectivity index (χ1v) is 11.0. The predicted molar refractivity (Wildman–Crippen MR) is 107 cm³/mol. The maximum atomic E-state index is 13.2. The normalized spacial score (nSPS) is 18.3. The van der Waals surface area contributed by atoms with Crippen LogP contribution in [0.4, 0.5) is 0 Å². The summed E-state index contributed by atoms with van der Waals surface area (Å²) >= 11 is 0. The maximum Gasteiger partial charge on any atom is 0.278 e. The zero-order valence-corrected chi connectivity index (χ0v) is 18.5. The summed E-state index contributed by atoms with van der Waals surface area (Å²) in [6, 6.07) is 3.64. The molecule has 1 aromatic rings. The van der Waals surface area contributed by atoms with Crippen molar-refractivity contribution < 1.29 is 18.1 Å². The van der Waals surface area contributed by atoms with Gasteiger partial charge in [-0.25, -0.2) is 8.42 Å². The molecule has 0 aliphatic carbocycles. The molecule has 0 spiro atoms. The average molecular weight is 397 g/mol. The van der Waals surface area contributed by atoms with Gasteiger partial charge in [-0.05, 0) is 59.6 Å². The van der Waals surface area contributed by atoms with Gasteiger partial charge < -0.3 is 10.2 Å². The molecule has 1 aromatic carbocycles. The van der Waals surface area contributed by atoms with Crippen molar-refractivity contribution in [1.29, 1.82) is 0 Å². The molecule has 2 N–H and O–H groups in total. The van der Waals surface area contributed by atoms with E-state index in [0.29, 0.717) is 31.1 Å². The molecule has 0 bridgehead atoms. The fourth-order valence-electron chi connectivity index (χ4n) is 3.81. The summed E-state index contributed by atoms with van der Waals surface area (Å²) in [5.74, 6) is 0.0130. The Balaban J connectivity index is 2.10. The molecule has 1 aliphatic heterocycles. The summed E-state index contributed by atoms with van der Waals surface area (Å²) in [5, 5.41) is 3.01. The van der Waals surface area contributed by atoms with E-state index in [1.165, 1.54) is 0 Å². The topological polar surface area (TPSA) is 70.9 Å². The molecule has 7 heteroatoms. The van der Waals surface area contributed by atoms with E-state index in [4.69, 9.17) is 0 Å². The Morgan fingerprint density at radius 1 is 1.11 bits per heavy atom. The molecule has 0 unspecified atom stereocenters. The van der Waals surface area contributed by atoms with Gasteiger partial charge in [-0.3, -0.25) is 4.79 Å². The Bertz CT molecular complexity index is 781. The van der Waals surface area contributed by atoms with Gasteiger partial charge in [0.1, 0.15) is 0 Å². The molecule has 1 saturated heterocycles. The summed E-state index contributed by atoms with van der Waals surface area (Å²) in [7, 11) is -3.52. The summed E-state index contributed by atoms with van der Waals surface area (Å²) < 4.78 is 27.9. The van der Waals surface area contributed by atoms with Gasteiger partial charge in [0.2, 0.25) is 10.0 Å². The van der Waals surface area contributed by atoms with Crippen LogP contribution in [0.15, 0.2) is 17.0 Å². The third-order valence-corrected chi connectivity index (χ3v) is 7.28. The largest absolute Gasteiger partial charge is 0.346 e. The summed E-state index contributed by atoms with van der Waals surface area (Å²) in [4.78, 5) is 14.0. The lowest BCUT2D eigenvalue weighted by Gasteiger charge is -2.35. The average Bonchev–Trinajstić information content (AvgIpc) is 2.51. The SMILES string of the molecule is Cc1cc(C)c(S(=O)(=O)N2CC[NH+]([C@@H](C)C(=O)NC(C)(C)C)CC2)c(C)c1. The Kier molecular flexibility index (Phi) is 6.39. The number of amides is 1. The summed E-state index contributed by atoms with van der Waals surface area (Å²) in [6.07, 6.45) is 0. The predicted octanol–water partition coefficient (Wildman–Crippen LogP) is 0.804. The maximum absolute atomic E-state index is 13.2. The molecule has 6 nitrogen and oxygen atoms in total. The first-order valence-electron chi connectivity index (χ1n) is 9.57. The molecule has 0 saturated carbocycles. The van der Waals surface area contributed by atoms with Crippen molar-refractivity contribution in [2.75, 3.05) is 26.2 Å². The van der Waals surface area contributed by atoms with E-state index in [1.807, 2.05) is 60.6 Å². The lowest BCUT2D eigenvalue weighted by molar-refractivity contribution is -0.917. The number of carbonyl (C=O) groups is 1. The van der Waals surface area contributed by atoms with Crippen molar-refractivity contribution in [1.82, 2.24) is 9.62 Å². The van der Waals surface area contributed by atoms with Crippen LogP contribution in [0.3, 0.4) is 0 Å². The number of hydrogen-bond donors (Lipinski definition) is 2. The molecule has 152 valence electrons. The van der Waals surface area contributed by atoms with E-state index in [-0.39, 0.29) is 17.5 Å². The molecule has 1 heterocycles. The van der Waals surface area contributed by atoms with Crippen molar-refractivity contribution in [3.8, 4) is 0 Å². The van der Waals surface area contributed by atoms with Gasteiger partial charge >= 0.3 is 0 Å². The number of quaternary nitrogens is 1. The van der Waals surface area contributed by atoms with Gasteiger partial charge in [0.25, 0.3) is 5.91 Å². The van der Waals surface area contributed by atoms with Crippen LogP contribution in [0.25, 0.3) is 0 Å². The highest BCUT2D eigenvalue weighted by Gasteiger charge is 2.36. The van der Waals surface area contributed by atoms with Crippen LogP contribution < -0.4 is 10.2 Å². The quantitative estimate of drug-likeness (QED) is 0.791. The standard InChI is InChI=1S/C20H33N3O3S/c1-14-12-15(2)18(16(3)13-14)27(25,26)23-10-8-22(9-11-23)17(4)19(24)21-20(5,6)7/h12-13,17H,8-11H2,1-7H3,(H,21,24)/p+1/t17-/m0/s1. The van der Waals surface area contributed by atoms with Crippen LogP contribution in [0.5, 0.6) is 0 Å². The van der Waals surface area contributed by atoms with Gasteiger partial charge in [-0.1, -0.05) is 17.7 Å². The third kappa shape index (κ3) is 5.09. The molecule has 1 atom stereocenters. The molecule has 2 rings (SSSR count). The first-order chi connectivity index (χ1) is 12.3. The van der Waals surface area contributed by atoms with Crippen LogP contribution in [0.2, 0.25) is 0 Å². The minimum atomic E-state index is -3.52. The highest BCUT2D eigenvalue weighted by Crippen LogP contribution is 2.25. The van der Waals surface area contributed by atoms with Gasteiger partial charge in [0.05, 0.1) is 31.1 Å². The zero-order chi connectivity index (χ0) is 20.6. The number of sulfonamides is 1. The van der Waals surface area contributed by atoms with Crippen LogP contribution in [-0.4, -0.2) is 56.4 Å². The molecule has 27 heavy (non-hydrogen) atoms. The lowest BCUT2D eigenvalue weighted by Crippen LogP contribution is -3.19. The van der Waals surface area contributed by atoms with Crippen molar-refractivity contribution in [3.05, 3.63) is 28.8 Å². The number of rotatable bonds is 4. The van der Waals surface area contributed by atoms with Gasteiger partial charge in [0, 0.05) is 5.54 Å². The highest BCUT2D eigenvalue weighted by molar-refractivity contribution is 7.89. The van der Waals surface area contributed by atoms with Crippen LogP contribution in [0.1, 0.15) is 44.4 Å². The molecular weight excluding hydrogens is 362 g/mol. The van der Waals surface area contributed by atoms with Crippen LogP contribution in [-0.2, 0) is 14.8 Å². The van der Waals surface area contributed by atoms with Crippen LogP contribution in [0, 0.1) is 20.8 Å². The fourth-order valence-corrected chi connectivity index (χ4v) is 5.67. The second-order valence-corrected chi connectivity index (χ2v) is 10.6. The Hall–Kier alpha value is -1.44. The van der Waals surface area contributed by atoms with Gasteiger partial charge in [0.15, 0.2) is 6.04 Å². The molecule has 0 aromatic heterocycles. The van der Waals surface area contributed by atoms with Gasteiger partial charge in [-0.15, -0.1) is 0 Å². The Morgan fingerprint density at radius 2 is 1.59 bits per heavy atom. The van der Waals surface area contributed by atoms with E-state index in [1.54, 1.807) is 4.31 Å². The highest BCUT2D eigenvalue weighted by atomic mass is 32.2. The number of nitrogens with one attached hydrogen (secondary N) is 2. The van der Waals surface area contributed by atoms with Crippen molar-refractivity contribution in [3.63, 3.8) is 0 Å². The molecule has 1 fully saturated rings. The van der Waals surface area contributed by atoms with E-state index >= 15 is 0 Å². The van der Waals surface area contributed by atoms with Crippen molar-refractivity contribution >= 4 is 15.9 Å². The Labute approximate surface area is 164 Å². The van der Waals surface area contributed by atoms with E-state index in [2.05, 4.69) is 5.32 Å². The van der Waals surface area contributed by atoms with Gasteiger partial charge in [-0.2, -0.15) is 4.31 Å². The minimum Gasteiger partial charge on any atom is -0.346 e. The Morgan fingerprint density at radius 3 is 2.04 bits per heavy atom. The molecule has 1 aliphatic rings. The zero-order valence-electron chi connectivity index (χ0n) is 17.6. The molecule has 1 amide bonds. The number of carbonyl (C=O) groups excluding carboxylic acids is 1. The smallest absolute Gasteiger partial charge is 0.278 e. The van der Waals surface area contributed by atoms with E-state index in [0.717, 1.165) is 21.6 Å². The number of aryl methyl sites for hydroxylation is 3. The number of benzene rings is 1. The number of piperazine rings is 1. The molecular formula is C20H34N3O3S+. The van der Waals surface area contributed by atoms with E-state index in [9.17, 15) is 13.2 Å². The molecule has 0 radical (unpaired) electrons. The summed E-state index contributed by atoms with van der Waals surface area (Å²) in [5.41, 5.74) is 2.38. The number of hydrogen-bond acceptors (Lipinski definition) is 3. The van der Waals surface area contributed by atoms with Crippen molar-refractivity contribution in [2.24, 2.45) is 0 Å². The monoisotopic (exact) mass is 396 g/mol.